The number of piperidine rings is 1. The first-order chi connectivity index (χ1) is 12.0. The molecule has 8 heteroatoms. The maximum atomic E-state index is 12.2. The van der Waals surface area contributed by atoms with Gasteiger partial charge in [0.15, 0.2) is 0 Å². The van der Waals surface area contributed by atoms with Crippen molar-refractivity contribution < 1.29 is 4.79 Å². The zero-order chi connectivity index (χ0) is 17.8. The van der Waals surface area contributed by atoms with Crippen molar-refractivity contribution in [2.24, 2.45) is 0 Å². The van der Waals surface area contributed by atoms with Crippen LogP contribution in [0.4, 0.5) is 16.2 Å². The topological polar surface area (TPSA) is 57.3 Å². The van der Waals surface area contributed by atoms with Crippen LogP contribution < -0.4 is 15.5 Å². The smallest absolute Gasteiger partial charge is 0.319 e. The zero-order valence-electron chi connectivity index (χ0n) is 13.3. The van der Waals surface area contributed by atoms with Gasteiger partial charge in [0.25, 0.3) is 0 Å². The number of nitrogens with one attached hydrogen (secondary N) is 2. The molecule has 2 amide bonds. The molecule has 1 atom stereocenters. The molecule has 0 saturated carbocycles. The van der Waals surface area contributed by atoms with Crippen LogP contribution in [-0.4, -0.2) is 30.1 Å². The number of rotatable bonds is 3. The molecular weight excluding hydrogens is 383 g/mol. The van der Waals surface area contributed by atoms with E-state index in [1.54, 1.807) is 36.7 Å². The molecule has 0 aliphatic carbocycles. The molecule has 2 heterocycles. The van der Waals surface area contributed by atoms with E-state index in [0.29, 0.717) is 27.3 Å². The van der Waals surface area contributed by atoms with E-state index >= 15 is 0 Å². The minimum absolute atomic E-state index is 0.00627. The van der Waals surface area contributed by atoms with Gasteiger partial charge in [-0.3, -0.25) is 4.98 Å². The fourth-order valence-electron chi connectivity index (χ4n) is 2.92. The third-order valence-corrected chi connectivity index (χ3v) is 4.77. The molecule has 1 unspecified atom stereocenters. The number of anilines is 2. The molecule has 1 aromatic heterocycles. The van der Waals surface area contributed by atoms with Gasteiger partial charge in [0.05, 0.1) is 15.7 Å². The van der Waals surface area contributed by atoms with Crippen LogP contribution in [0.15, 0.2) is 36.7 Å². The third kappa shape index (κ3) is 4.69. The second-order valence-corrected chi connectivity index (χ2v) is 7.10. The number of aromatic nitrogens is 1. The molecule has 2 N–H and O–H groups in total. The summed E-state index contributed by atoms with van der Waals surface area (Å²) in [4.78, 5) is 18.3. The molecule has 0 spiro atoms. The summed E-state index contributed by atoms with van der Waals surface area (Å²) in [5, 5.41) is 7.38. The van der Waals surface area contributed by atoms with Gasteiger partial charge in [-0.1, -0.05) is 40.9 Å². The Hall–Kier alpha value is -1.69. The first-order valence-electron chi connectivity index (χ1n) is 7.90. The maximum absolute atomic E-state index is 12.2. The number of benzene rings is 1. The third-order valence-electron chi connectivity index (χ3n) is 3.98. The Morgan fingerprint density at radius 1 is 1.20 bits per heavy atom. The normalized spacial score (nSPS) is 17.2. The maximum Gasteiger partial charge on any atom is 0.319 e. The lowest BCUT2D eigenvalue weighted by atomic mass is 10.1. The Labute approximate surface area is 161 Å². The number of hydrogen-bond donors (Lipinski definition) is 2. The van der Waals surface area contributed by atoms with Gasteiger partial charge in [0.1, 0.15) is 0 Å². The van der Waals surface area contributed by atoms with Crippen molar-refractivity contribution in [3.05, 3.63) is 51.7 Å². The largest absolute Gasteiger partial charge is 0.367 e. The second-order valence-electron chi connectivity index (χ2n) is 5.85. The van der Waals surface area contributed by atoms with Gasteiger partial charge in [-0.05, 0) is 31.0 Å². The number of carbonyl (C=O) groups excluding carboxylic acids is 1. The van der Waals surface area contributed by atoms with Crippen molar-refractivity contribution in [2.75, 3.05) is 23.3 Å². The number of nitrogens with zero attached hydrogens (tertiary/aromatic N) is 2. The van der Waals surface area contributed by atoms with Crippen LogP contribution in [0.2, 0.25) is 15.1 Å². The van der Waals surface area contributed by atoms with E-state index in [9.17, 15) is 4.79 Å². The highest BCUT2D eigenvalue weighted by Crippen LogP contribution is 2.34. The first kappa shape index (κ1) is 18.1. The molecular formula is C17H17Cl3N4O. The molecule has 1 aromatic carbocycles. The summed E-state index contributed by atoms with van der Waals surface area (Å²) in [6.07, 6.45) is 4.97. The molecule has 3 rings (SSSR count). The van der Waals surface area contributed by atoms with Gasteiger partial charge >= 0.3 is 6.03 Å². The zero-order valence-corrected chi connectivity index (χ0v) is 15.6. The fourth-order valence-corrected chi connectivity index (χ4v) is 3.72. The van der Waals surface area contributed by atoms with Gasteiger partial charge in [0, 0.05) is 42.2 Å². The van der Waals surface area contributed by atoms with E-state index in [4.69, 9.17) is 34.8 Å². The van der Waals surface area contributed by atoms with Crippen molar-refractivity contribution in [3.8, 4) is 0 Å². The molecule has 132 valence electrons. The van der Waals surface area contributed by atoms with E-state index in [2.05, 4.69) is 20.5 Å². The highest BCUT2D eigenvalue weighted by molar-refractivity contribution is 6.38. The summed E-state index contributed by atoms with van der Waals surface area (Å²) in [6.45, 7) is 1.46. The van der Waals surface area contributed by atoms with Crippen LogP contribution in [0.1, 0.15) is 12.8 Å². The molecule has 25 heavy (non-hydrogen) atoms. The summed E-state index contributed by atoms with van der Waals surface area (Å²) in [7, 11) is 0. The Morgan fingerprint density at radius 2 is 1.96 bits per heavy atom. The van der Waals surface area contributed by atoms with E-state index in [1.165, 1.54) is 0 Å². The Bertz CT molecular complexity index is 751. The average Bonchev–Trinajstić information content (AvgIpc) is 2.55. The van der Waals surface area contributed by atoms with Gasteiger partial charge in [-0.15, -0.1) is 0 Å². The minimum Gasteiger partial charge on any atom is -0.367 e. The standard InChI is InChI=1S/C17H17Cl3N4O/c18-11-3-1-4-12(7-11)22-17(25)23-13-5-2-6-24(10-13)16-14(19)8-21-9-15(16)20/h1,3-4,7-9,13H,2,5-6,10H2,(H2,22,23,25). The van der Waals surface area contributed by atoms with Crippen LogP contribution in [0.3, 0.4) is 0 Å². The number of urea groups is 1. The van der Waals surface area contributed by atoms with Crippen molar-refractivity contribution in [1.82, 2.24) is 10.3 Å². The van der Waals surface area contributed by atoms with Crippen LogP contribution in [0.25, 0.3) is 0 Å². The van der Waals surface area contributed by atoms with Crippen molar-refractivity contribution >= 4 is 52.2 Å². The van der Waals surface area contributed by atoms with Gasteiger partial charge in [0.2, 0.25) is 0 Å². The molecule has 5 nitrogen and oxygen atoms in total. The number of carbonyl (C=O) groups is 1. The van der Waals surface area contributed by atoms with E-state index < -0.39 is 0 Å². The van der Waals surface area contributed by atoms with E-state index in [1.807, 2.05) is 0 Å². The van der Waals surface area contributed by atoms with Crippen LogP contribution in [-0.2, 0) is 0 Å². The number of amides is 2. The summed E-state index contributed by atoms with van der Waals surface area (Å²) < 4.78 is 0. The Kier molecular flexibility index (Phi) is 5.89. The lowest BCUT2D eigenvalue weighted by Gasteiger charge is -2.35. The van der Waals surface area contributed by atoms with Crippen molar-refractivity contribution in [3.63, 3.8) is 0 Å². The quantitative estimate of drug-likeness (QED) is 0.777. The SMILES string of the molecule is O=C(Nc1cccc(Cl)c1)NC1CCCN(c2c(Cl)cncc2Cl)C1. The fraction of sp³-hybridized carbons (Fsp3) is 0.294. The number of hydrogen-bond acceptors (Lipinski definition) is 3. The first-order valence-corrected chi connectivity index (χ1v) is 9.03. The molecule has 0 radical (unpaired) electrons. The molecule has 2 aromatic rings. The van der Waals surface area contributed by atoms with Gasteiger partial charge < -0.3 is 15.5 Å². The summed E-state index contributed by atoms with van der Waals surface area (Å²) in [5.41, 5.74) is 1.41. The summed E-state index contributed by atoms with van der Waals surface area (Å²) in [6, 6.07) is 6.76. The highest BCUT2D eigenvalue weighted by Gasteiger charge is 2.24. The summed E-state index contributed by atoms with van der Waals surface area (Å²) >= 11 is 18.4. The van der Waals surface area contributed by atoms with Crippen LogP contribution in [0.5, 0.6) is 0 Å². The number of halogens is 3. The lowest BCUT2D eigenvalue weighted by molar-refractivity contribution is 0.246. The van der Waals surface area contributed by atoms with Crippen molar-refractivity contribution in [2.45, 2.75) is 18.9 Å². The van der Waals surface area contributed by atoms with Gasteiger partial charge in [-0.2, -0.15) is 0 Å². The molecule has 0 bridgehead atoms. The summed E-state index contributed by atoms with van der Waals surface area (Å²) in [5.74, 6) is 0. The monoisotopic (exact) mass is 398 g/mol. The predicted molar refractivity (Wildman–Crippen MR) is 103 cm³/mol. The lowest BCUT2D eigenvalue weighted by Crippen LogP contribution is -2.49. The molecule has 1 aliphatic rings. The van der Waals surface area contributed by atoms with Gasteiger partial charge in [-0.25, -0.2) is 4.79 Å². The molecule has 1 fully saturated rings. The minimum atomic E-state index is -0.263. The van der Waals surface area contributed by atoms with Crippen molar-refractivity contribution in [1.29, 1.82) is 0 Å². The van der Waals surface area contributed by atoms with Crippen LogP contribution in [0, 0.1) is 0 Å². The average molecular weight is 400 g/mol. The molecule has 1 saturated heterocycles. The molecule has 1 aliphatic heterocycles. The highest BCUT2D eigenvalue weighted by atomic mass is 35.5. The predicted octanol–water partition coefficient (Wildman–Crippen LogP) is 4.83. The van der Waals surface area contributed by atoms with Crippen LogP contribution >= 0.6 is 34.8 Å². The second kappa shape index (κ2) is 8.13. The van der Waals surface area contributed by atoms with E-state index in [-0.39, 0.29) is 12.1 Å². The number of pyridine rings is 1. The Balaban J connectivity index is 1.63. The Morgan fingerprint density at radius 3 is 2.68 bits per heavy atom. The van der Waals surface area contributed by atoms with E-state index in [0.717, 1.165) is 25.1 Å².